The van der Waals surface area contributed by atoms with E-state index in [1.807, 2.05) is 17.7 Å². The molecule has 0 aliphatic carbocycles. The fourth-order valence-corrected chi connectivity index (χ4v) is 4.17. The number of fused-ring (bicyclic) bond motifs is 1. The van der Waals surface area contributed by atoms with Gasteiger partial charge >= 0.3 is 0 Å². The standard InChI is InChI=1S/C20H24FN5O2S/c1-4-16-22-17-18(25(16)2)23-20(24-19(17)26-7-9-28-10-8-26)29-12-13-5-6-15(27-3)14(21)11-13/h5-6,11H,4,7-10,12H2,1-3H3. The van der Waals surface area contributed by atoms with Gasteiger partial charge in [-0.2, -0.15) is 0 Å². The number of morpholine rings is 1. The third-order valence-electron chi connectivity index (χ3n) is 4.98. The maximum Gasteiger partial charge on any atom is 0.191 e. The summed E-state index contributed by atoms with van der Waals surface area (Å²) in [5.41, 5.74) is 2.50. The molecule has 4 rings (SSSR count). The Balaban J connectivity index is 1.66. The van der Waals surface area contributed by atoms with Crippen LogP contribution in [0.1, 0.15) is 18.3 Å². The number of aromatic nitrogens is 4. The van der Waals surface area contributed by atoms with Crippen molar-refractivity contribution in [2.75, 3.05) is 38.3 Å². The van der Waals surface area contributed by atoms with Gasteiger partial charge in [-0.25, -0.2) is 19.3 Å². The summed E-state index contributed by atoms with van der Waals surface area (Å²) in [5.74, 6) is 2.26. The van der Waals surface area contributed by atoms with E-state index in [1.54, 1.807) is 6.07 Å². The molecule has 0 spiro atoms. The van der Waals surface area contributed by atoms with Gasteiger partial charge in [0.25, 0.3) is 0 Å². The van der Waals surface area contributed by atoms with Crippen LogP contribution in [0.15, 0.2) is 23.4 Å². The van der Waals surface area contributed by atoms with Crippen molar-refractivity contribution in [2.24, 2.45) is 7.05 Å². The third-order valence-corrected chi connectivity index (χ3v) is 5.90. The fraction of sp³-hybridized carbons (Fsp3) is 0.450. The molecule has 0 N–H and O–H groups in total. The van der Waals surface area contributed by atoms with Gasteiger partial charge < -0.3 is 18.9 Å². The Kier molecular flexibility index (Phi) is 5.86. The quantitative estimate of drug-likeness (QED) is 0.451. The second-order valence-electron chi connectivity index (χ2n) is 6.80. The first-order chi connectivity index (χ1) is 14.1. The number of anilines is 1. The van der Waals surface area contributed by atoms with Crippen LogP contribution < -0.4 is 9.64 Å². The highest BCUT2D eigenvalue weighted by Gasteiger charge is 2.21. The van der Waals surface area contributed by atoms with E-state index >= 15 is 0 Å². The van der Waals surface area contributed by atoms with Crippen molar-refractivity contribution in [1.29, 1.82) is 0 Å². The molecular formula is C20H24FN5O2S. The van der Waals surface area contributed by atoms with Crippen molar-refractivity contribution < 1.29 is 13.9 Å². The molecule has 1 aliphatic rings. The topological polar surface area (TPSA) is 65.3 Å². The van der Waals surface area contributed by atoms with Crippen LogP contribution in [0.25, 0.3) is 11.2 Å². The Morgan fingerprint density at radius 3 is 2.69 bits per heavy atom. The fourth-order valence-electron chi connectivity index (χ4n) is 3.40. The van der Waals surface area contributed by atoms with Crippen molar-refractivity contribution >= 4 is 28.7 Å². The molecule has 154 valence electrons. The van der Waals surface area contributed by atoms with E-state index in [-0.39, 0.29) is 11.6 Å². The summed E-state index contributed by atoms with van der Waals surface area (Å²) in [4.78, 5) is 16.5. The lowest BCUT2D eigenvalue weighted by Crippen LogP contribution is -2.37. The number of nitrogens with zero attached hydrogens (tertiary/aromatic N) is 5. The zero-order valence-corrected chi connectivity index (χ0v) is 17.6. The highest BCUT2D eigenvalue weighted by molar-refractivity contribution is 7.98. The molecule has 0 atom stereocenters. The maximum absolute atomic E-state index is 14.0. The molecule has 0 amide bonds. The van der Waals surface area contributed by atoms with Gasteiger partial charge in [0, 0.05) is 32.3 Å². The Morgan fingerprint density at radius 1 is 1.21 bits per heavy atom. The van der Waals surface area contributed by atoms with Gasteiger partial charge in [-0.05, 0) is 17.7 Å². The van der Waals surface area contributed by atoms with Crippen LogP contribution in [0.2, 0.25) is 0 Å². The molecule has 3 aromatic rings. The summed E-state index contributed by atoms with van der Waals surface area (Å²) < 4.78 is 26.5. The first kappa shape index (κ1) is 19.9. The van der Waals surface area contributed by atoms with E-state index in [4.69, 9.17) is 24.4 Å². The van der Waals surface area contributed by atoms with E-state index in [1.165, 1.54) is 24.9 Å². The largest absolute Gasteiger partial charge is 0.494 e. The molecule has 29 heavy (non-hydrogen) atoms. The van der Waals surface area contributed by atoms with Crippen LogP contribution in [0.5, 0.6) is 5.75 Å². The smallest absolute Gasteiger partial charge is 0.191 e. The Hall–Kier alpha value is -2.39. The maximum atomic E-state index is 14.0. The van der Waals surface area contributed by atoms with Crippen LogP contribution in [-0.2, 0) is 24.0 Å². The molecule has 1 saturated heterocycles. The lowest BCUT2D eigenvalue weighted by Gasteiger charge is -2.28. The molecule has 1 aromatic carbocycles. The number of aryl methyl sites for hydroxylation is 2. The van der Waals surface area contributed by atoms with Gasteiger partial charge in [0.15, 0.2) is 33.7 Å². The molecule has 0 unspecified atom stereocenters. The minimum Gasteiger partial charge on any atom is -0.494 e. The number of hydrogen-bond donors (Lipinski definition) is 0. The number of halogens is 1. The lowest BCUT2D eigenvalue weighted by molar-refractivity contribution is 0.122. The molecule has 1 aliphatic heterocycles. The van der Waals surface area contributed by atoms with E-state index in [0.717, 1.165) is 47.9 Å². The number of rotatable bonds is 6. The average molecular weight is 418 g/mol. The summed E-state index contributed by atoms with van der Waals surface area (Å²) in [6.07, 6.45) is 0.822. The summed E-state index contributed by atoms with van der Waals surface area (Å²) in [6, 6.07) is 4.99. The number of thioether (sulfide) groups is 1. The summed E-state index contributed by atoms with van der Waals surface area (Å²) in [5, 5.41) is 0.654. The summed E-state index contributed by atoms with van der Waals surface area (Å²) >= 11 is 1.49. The highest BCUT2D eigenvalue weighted by Crippen LogP contribution is 2.30. The van der Waals surface area contributed by atoms with Crippen LogP contribution in [-0.4, -0.2) is 52.9 Å². The van der Waals surface area contributed by atoms with Crippen molar-refractivity contribution in [3.63, 3.8) is 0 Å². The Labute approximate surface area is 173 Å². The minimum atomic E-state index is -0.366. The number of hydrogen-bond acceptors (Lipinski definition) is 7. The van der Waals surface area contributed by atoms with E-state index in [2.05, 4.69) is 11.8 Å². The zero-order chi connectivity index (χ0) is 20.4. The Bertz CT molecular complexity index is 1020. The SMILES string of the molecule is CCc1nc2c(N3CCOCC3)nc(SCc3ccc(OC)c(F)c3)nc2n1C. The van der Waals surface area contributed by atoms with Crippen LogP contribution in [0.3, 0.4) is 0 Å². The molecule has 0 saturated carbocycles. The van der Waals surface area contributed by atoms with Gasteiger partial charge in [-0.3, -0.25) is 0 Å². The zero-order valence-electron chi connectivity index (χ0n) is 16.8. The number of imidazole rings is 1. The van der Waals surface area contributed by atoms with Crippen molar-refractivity contribution in [2.45, 2.75) is 24.3 Å². The molecule has 3 heterocycles. The third kappa shape index (κ3) is 4.02. The second kappa shape index (κ2) is 8.54. The van der Waals surface area contributed by atoms with Crippen molar-refractivity contribution in [3.8, 4) is 5.75 Å². The summed E-state index contributed by atoms with van der Waals surface area (Å²) in [7, 11) is 3.44. The second-order valence-corrected chi connectivity index (χ2v) is 7.74. The van der Waals surface area contributed by atoms with E-state index in [9.17, 15) is 4.39 Å². The van der Waals surface area contributed by atoms with Crippen LogP contribution >= 0.6 is 11.8 Å². The monoisotopic (exact) mass is 417 g/mol. The normalized spacial score (nSPS) is 14.6. The van der Waals surface area contributed by atoms with E-state index in [0.29, 0.717) is 24.1 Å². The predicted octanol–water partition coefficient (Wildman–Crippen LogP) is 3.20. The Morgan fingerprint density at radius 2 is 2.00 bits per heavy atom. The van der Waals surface area contributed by atoms with Crippen molar-refractivity contribution in [1.82, 2.24) is 19.5 Å². The molecule has 1 fully saturated rings. The first-order valence-corrected chi connectivity index (χ1v) is 10.6. The molecular weight excluding hydrogens is 393 g/mol. The highest BCUT2D eigenvalue weighted by atomic mass is 32.2. The van der Waals surface area contributed by atoms with Gasteiger partial charge in [0.05, 0.1) is 20.3 Å². The first-order valence-electron chi connectivity index (χ1n) is 9.62. The minimum absolute atomic E-state index is 0.244. The number of methoxy groups -OCH3 is 1. The molecule has 0 bridgehead atoms. The molecule has 0 radical (unpaired) electrons. The van der Waals surface area contributed by atoms with Crippen LogP contribution in [0, 0.1) is 5.82 Å². The summed E-state index contributed by atoms with van der Waals surface area (Å²) in [6.45, 7) is 4.98. The van der Waals surface area contributed by atoms with Gasteiger partial charge in [-0.15, -0.1) is 0 Å². The van der Waals surface area contributed by atoms with Gasteiger partial charge in [-0.1, -0.05) is 24.8 Å². The van der Waals surface area contributed by atoms with Gasteiger partial charge in [0.2, 0.25) is 0 Å². The molecule has 7 nitrogen and oxygen atoms in total. The predicted molar refractivity (Wildman–Crippen MR) is 111 cm³/mol. The van der Waals surface area contributed by atoms with E-state index < -0.39 is 0 Å². The molecule has 2 aromatic heterocycles. The average Bonchev–Trinajstić information content (AvgIpc) is 3.08. The van der Waals surface area contributed by atoms with Crippen LogP contribution in [0.4, 0.5) is 10.2 Å². The lowest BCUT2D eigenvalue weighted by atomic mass is 10.2. The number of ether oxygens (including phenoxy) is 2. The molecule has 9 heteroatoms. The van der Waals surface area contributed by atoms with Gasteiger partial charge in [0.1, 0.15) is 5.82 Å². The van der Waals surface area contributed by atoms with Crippen molar-refractivity contribution in [3.05, 3.63) is 35.4 Å². The number of benzene rings is 1.